The molecule has 0 bridgehead atoms. The maximum absolute atomic E-state index is 6.02. The predicted molar refractivity (Wildman–Crippen MR) is 135 cm³/mol. The molecule has 2 aromatic carbocycles. The standard InChI is InChI=1S/C22H26ClN5O2.HI/c1-15-7-8-19(29-3)16(13-15)9-11-25-22(24-2)26-12-10-20-27-21(28-30-20)17-5-4-6-18(23)14-17;/h4-8,13-14H,9-12H2,1-3H3,(H2,24,25,26);1H. The molecule has 31 heavy (non-hydrogen) atoms. The Balaban J connectivity index is 0.00000341. The molecular formula is C22H27ClIN5O2. The monoisotopic (exact) mass is 555 g/mol. The normalized spacial score (nSPS) is 11.0. The second-order valence-corrected chi connectivity index (χ2v) is 7.20. The van der Waals surface area contributed by atoms with Gasteiger partial charge < -0.3 is 19.9 Å². The average Bonchev–Trinajstić information content (AvgIpc) is 3.22. The quantitative estimate of drug-likeness (QED) is 0.245. The first-order valence-corrected chi connectivity index (χ1v) is 10.1. The van der Waals surface area contributed by atoms with Gasteiger partial charge in [0.05, 0.1) is 7.11 Å². The molecule has 2 N–H and O–H groups in total. The van der Waals surface area contributed by atoms with E-state index in [1.165, 1.54) is 11.1 Å². The van der Waals surface area contributed by atoms with E-state index in [4.69, 9.17) is 20.9 Å². The van der Waals surface area contributed by atoms with E-state index in [9.17, 15) is 0 Å². The van der Waals surface area contributed by atoms with Crippen molar-refractivity contribution in [2.75, 3.05) is 27.2 Å². The van der Waals surface area contributed by atoms with E-state index in [1.54, 1.807) is 14.2 Å². The van der Waals surface area contributed by atoms with Gasteiger partial charge in [0.25, 0.3) is 0 Å². The van der Waals surface area contributed by atoms with E-state index < -0.39 is 0 Å². The van der Waals surface area contributed by atoms with Gasteiger partial charge in [-0.05, 0) is 37.1 Å². The third-order valence-corrected chi connectivity index (χ3v) is 4.76. The van der Waals surface area contributed by atoms with Crippen LogP contribution >= 0.6 is 35.6 Å². The lowest BCUT2D eigenvalue weighted by Crippen LogP contribution is -2.39. The number of benzene rings is 2. The van der Waals surface area contributed by atoms with Crippen LogP contribution in [0.15, 0.2) is 52.0 Å². The van der Waals surface area contributed by atoms with Crippen LogP contribution in [0.3, 0.4) is 0 Å². The SMILES string of the molecule is CN=C(NCCc1nc(-c2cccc(Cl)c2)no1)NCCc1cc(C)ccc1OC.I. The summed E-state index contributed by atoms with van der Waals surface area (Å²) in [4.78, 5) is 8.68. The van der Waals surface area contributed by atoms with Crippen molar-refractivity contribution in [3.05, 3.63) is 64.5 Å². The number of aliphatic imine (C=N–C) groups is 1. The van der Waals surface area contributed by atoms with Gasteiger partial charge in [0.15, 0.2) is 5.96 Å². The molecule has 0 atom stereocenters. The van der Waals surface area contributed by atoms with Gasteiger partial charge in [0.1, 0.15) is 5.75 Å². The summed E-state index contributed by atoms with van der Waals surface area (Å²) in [5, 5.41) is 11.2. The first-order valence-electron chi connectivity index (χ1n) is 9.75. The van der Waals surface area contributed by atoms with E-state index in [0.717, 1.165) is 30.2 Å². The van der Waals surface area contributed by atoms with Gasteiger partial charge in [-0.25, -0.2) is 0 Å². The fourth-order valence-corrected chi connectivity index (χ4v) is 3.22. The molecule has 0 radical (unpaired) electrons. The van der Waals surface area contributed by atoms with Gasteiger partial charge in [0, 0.05) is 37.1 Å². The molecular weight excluding hydrogens is 529 g/mol. The van der Waals surface area contributed by atoms with Crippen LogP contribution < -0.4 is 15.4 Å². The number of aryl methyl sites for hydroxylation is 1. The number of methoxy groups -OCH3 is 1. The highest BCUT2D eigenvalue weighted by Gasteiger charge is 2.09. The van der Waals surface area contributed by atoms with Gasteiger partial charge in [-0.3, -0.25) is 4.99 Å². The number of hydrogen-bond donors (Lipinski definition) is 2. The Labute approximate surface area is 204 Å². The summed E-state index contributed by atoms with van der Waals surface area (Å²) < 4.78 is 10.8. The Hall–Kier alpha value is -2.33. The van der Waals surface area contributed by atoms with Gasteiger partial charge in [0.2, 0.25) is 11.7 Å². The van der Waals surface area contributed by atoms with Crippen LogP contribution in [0.2, 0.25) is 5.02 Å². The van der Waals surface area contributed by atoms with Crippen LogP contribution in [-0.4, -0.2) is 43.3 Å². The first-order chi connectivity index (χ1) is 14.6. The highest BCUT2D eigenvalue weighted by Crippen LogP contribution is 2.20. The highest BCUT2D eigenvalue weighted by atomic mass is 127. The number of guanidine groups is 1. The molecule has 3 rings (SSSR count). The number of hydrogen-bond acceptors (Lipinski definition) is 5. The van der Waals surface area contributed by atoms with Crippen molar-refractivity contribution in [3.63, 3.8) is 0 Å². The molecule has 0 spiro atoms. The Morgan fingerprint density at radius 3 is 2.61 bits per heavy atom. The van der Waals surface area contributed by atoms with Gasteiger partial charge in [-0.1, -0.05) is 46.6 Å². The van der Waals surface area contributed by atoms with Crippen molar-refractivity contribution in [1.29, 1.82) is 0 Å². The van der Waals surface area contributed by atoms with E-state index >= 15 is 0 Å². The fraction of sp³-hybridized carbons (Fsp3) is 0.318. The predicted octanol–water partition coefficient (Wildman–Crippen LogP) is 4.28. The first kappa shape index (κ1) is 24.9. The van der Waals surface area contributed by atoms with Crippen LogP contribution in [-0.2, 0) is 12.8 Å². The largest absolute Gasteiger partial charge is 0.496 e. The van der Waals surface area contributed by atoms with Crippen molar-refractivity contribution < 1.29 is 9.26 Å². The average molecular weight is 556 g/mol. The lowest BCUT2D eigenvalue weighted by atomic mass is 10.1. The zero-order valence-corrected chi connectivity index (χ0v) is 20.9. The lowest BCUT2D eigenvalue weighted by molar-refractivity contribution is 0.378. The summed E-state index contributed by atoms with van der Waals surface area (Å²) in [7, 11) is 3.43. The molecule has 166 valence electrons. The van der Waals surface area contributed by atoms with Crippen molar-refractivity contribution in [2.45, 2.75) is 19.8 Å². The molecule has 0 saturated carbocycles. The number of aromatic nitrogens is 2. The minimum atomic E-state index is 0. The fourth-order valence-electron chi connectivity index (χ4n) is 3.03. The van der Waals surface area contributed by atoms with Crippen LogP contribution in [0.4, 0.5) is 0 Å². The van der Waals surface area contributed by atoms with Crippen molar-refractivity contribution in [2.24, 2.45) is 4.99 Å². The molecule has 0 unspecified atom stereocenters. The summed E-state index contributed by atoms with van der Waals surface area (Å²) in [5.41, 5.74) is 3.21. The Bertz CT molecular complexity index is 1010. The zero-order chi connectivity index (χ0) is 21.3. The Morgan fingerprint density at radius 1 is 1.13 bits per heavy atom. The van der Waals surface area contributed by atoms with Gasteiger partial charge in [-0.15, -0.1) is 24.0 Å². The summed E-state index contributed by atoms with van der Waals surface area (Å²) >= 11 is 6.02. The molecule has 1 aromatic heterocycles. The summed E-state index contributed by atoms with van der Waals surface area (Å²) in [5.74, 6) is 2.70. The molecule has 0 aliphatic rings. The molecule has 3 aromatic rings. The number of halogens is 2. The molecule has 0 amide bonds. The maximum Gasteiger partial charge on any atom is 0.228 e. The molecule has 7 nitrogen and oxygen atoms in total. The minimum Gasteiger partial charge on any atom is -0.496 e. The second-order valence-electron chi connectivity index (χ2n) is 6.76. The zero-order valence-electron chi connectivity index (χ0n) is 17.8. The van der Waals surface area contributed by atoms with Gasteiger partial charge >= 0.3 is 0 Å². The summed E-state index contributed by atoms with van der Waals surface area (Å²) in [6.45, 7) is 3.43. The highest BCUT2D eigenvalue weighted by molar-refractivity contribution is 14.0. The van der Waals surface area contributed by atoms with Gasteiger partial charge in [-0.2, -0.15) is 4.98 Å². The Kier molecular flexibility index (Phi) is 10.1. The molecule has 0 aliphatic heterocycles. The minimum absolute atomic E-state index is 0. The number of ether oxygens (including phenoxy) is 1. The number of rotatable bonds is 8. The van der Waals surface area contributed by atoms with E-state index in [1.807, 2.05) is 36.4 Å². The van der Waals surface area contributed by atoms with E-state index in [0.29, 0.717) is 29.7 Å². The van der Waals surface area contributed by atoms with Crippen LogP contribution in [0.25, 0.3) is 11.4 Å². The summed E-state index contributed by atoms with van der Waals surface area (Å²) in [6, 6.07) is 13.6. The van der Waals surface area contributed by atoms with Crippen LogP contribution in [0, 0.1) is 6.92 Å². The van der Waals surface area contributed by atoms with Crippen molar-refractivity contribution >= 4 is 41.5 Å². The number of nitrogens with zero attached hydrogens (tertiary/aromatic N) is 3. The molecule has 9 heteroatoms. The Morgan fingerprint density at radius 2 is 1.90 bits per heavy atom. The van der Waals surface area contributed by atoms with Crippen LogP contribution in [0.5, 0.6) is 5.75 Å². The smallest absolute Gasteiger partial charge is 0.228 e. The maximum atomic E-state index is 6.02. The lowest BCUT2D eigenvalue weighted by Gasteiger charge is -2.13. The van der Waals surface area contributed by atoms with E-state index in [-0.39, 0.29) is 24.0 Å². The van der Waals surface area contributed by atoms with Crippen LogP contribution in [0.1, 0.15) is 17.0 Å². The van der Waals surface area contributed by atoms with Crippen molar-refractivity contribution in [1.82, 2.24) is 20.8 Å². The molecule has 0 aliphatic carbocycles. The topological polar surface area (TPSA) is 84.6 Å². The molecule has 1 heterocycles. The van der Waals surface area contributed by atoms with Crippen molar-refractivity contribution in [3.8, 4) is 17.1 Å². The molecule has 0 saturated heterocycles. The molecule has 0 fully saturated rings. The van der Waals surface area contributed by atoms with E-state index in [2.05, 4.69) is 38.8 Å². The number of nitrogens with one attached hydrogen (secondary N) is 2. The third kappa shape index (κ3) is 7.39. The second kappa shape index (κ2) is 12.5. The summed E-state index contributed by atoms with van der Waals surface area (Å²) in [6.07, 6.45) is 1.41. The third-order valence-electron chi connectivity index (χ3n) is 4.53.